The van der Waals surface area contributed by atoms with Crippen LogP contribution in [0.5, 0.6) is 0 Å². The number of nitrogens with zero attached hydrogens (tertiary/aromatic N) is 5. The molecule has 0 spiro atoms. The van der Waals surface area contributed by atoms with Crippen molar-refractivity contribution in [2.24, 2.45) is 10.9 Å². The summed E-state index contributed by atoms with van der Waals surface area (Å²) in [6.45, 7) is 14.0. The Morgan fingerprint density at radius 1 is 1.19 bits per heavy atom. The molecule has 3 rings (SSSR count). The van der Waals surface area contributed by atoms with E-state index < -0.39 is 0 Å². The second-order valence-electron chi connectivity index (χ2n) is 8.96. The van der Waals surface area contributed by atoms with Crippen LogP contribution in [0.25, 0.3) is 0 Å². The van der Waals surface area contributed by atoms with Gasteiger partial charge in [-0.25, -0.2) is 9.48 Å². The lowest BCUT2D eigenvalue weighted by Crippen LogP contribution is -2.46. The largest absolute Gasteiger partial charge is 0.379 e. The molecule has 0 saturated carbocycles. The van der Waals surface area contributed by atoms with E-state index in [0.29, 0.717) is 18.5 Å². The van der Waals surface area contributed by atoms with Crippen molar-refractivity contribution < 1.29 is 4.74 Å². The van der Waals surface area contributed by atoms with Crippen molar-refractivity contribution in [1.29, 1.82) is 0 Å². The first-order valence-electron chi connectivity index (χ1n) is 12.1. The molecule has 1 unspecified atom stereocenters. The molecule has 176 valence electrons. The van der Waals surface area contributed by atoms with Crippen LogP contribution < -0.4 is 16.3 Å². The molecule has 0 aliphatic carbocycles. The smallest absolute Gasteiger partial charge is 0.345 e. The SMILES string of the molecule is CCNC(=NCC(CC(C)C)N1CCOCC1)NCCCn1nc2n(c1=O)CCCC2. The van der Waals surface area contributed by atoms with E-state index in [1.54, 1.807) is 4.68 Å². The van der Waals surface area contributed by atoms with Crippen LogP contribution in [0.15, 0.2) is 9.79 Å². The number of hydrogen-bond acceptors (Lipinski definition) is 5. The minimum absolute atomic E-state index is 0.0392. The van der Waals surface area contributed by atoms with E-state index in [-0.39, 0.29) is 5.69 Å². The molecule has 1 aromatic rings. The van der Waals surface area contributed by atoms with E-state index in [2.05, 4.69) is 41.4 Å². The third-order valence-electron chi connectivity index (χ3n) is 5.98. The van der Waals surface area contributed by atoms with E-state index in [1.165, 1.54) is 0 Å². The van der Waals surface area contributed by atoms with Crippen molar-refractivity contribution in [2.45, 2.75) is 72.0 Å². The number of ether oxygens (including phenoxy) is 1. The monoisotopic (exact) mass is 435 g/mol. The first-order chi connectivity index (χ1) is 15.1. The molecular formula is C22H41N7O2. The van der Waals surface area contributed by atoms with Gasteiger partial charge in [0.15, 0.2) is 5.96 Å². The van der Waals surface area contributed by atoms with Gasteiger partial charge in [0, 0.05) is 51.7 Å². The van der Waals surface area contributed by atoms with E-state index in [4.69, 9.17) is 9.73 Å². The van der Waals surface area contributed by atoms with E-state index in [9.17, 15) is 4.79 Å². The van der Waals surface area contributed by atoms with Crippen molar-refractivity contribution in [1.82, 2.24) is 29.9 Å². The van der Waals surface area contributed by atoms with Crippen molar-refractivity contribution in [2.75, 3.05) is 45.9 Å². The third-order valence-corrected chi connectivity index (χ3v) is 5.98. The Bertz CT molecular complexity index is 750. The van der Waals surface area contributed by atoms with Gasteiger partial charge in [-0.15, -0.1) is 0 Å². The minimum atomic E-state index is 0.0392. The van der Waals surface area contributed by atoms with Crippen LogP contribution >= 0.6 is 0 Å². The van der Waals surface area contributed by atoms with Gasteiger partial charge in [0.2, 0.25) is 0 Å². The van der Waals surface area contributed by atoms with Crippen molar-refractivity contribution in [3.63, 3.8) is 0 Å². The minimum Gasteiger partial charge on any atom is -0.379 e. The Hall–Kier alpha value is -1.87. The zero-order valence-corrected chi connectivity index (χ0v) is 19.6. The van der Waals surface area contributed by atoms with Crippen LogP contribution in [-0.4, -0.2) is 77.2 Å². The predicted molar refractivity (Wildman–Crippen MR) is 124 cm³/mol. The number of morpholine rings is 1. The maximum Gasteiger partial charge on any atom is 0.345 e. The van der Waals surface area contributed by atoms with Gasteiger partial charge in [-0.05, 0) is 38.5 Å². The van der Waals surface area contributed by atoms with E-state index in [1.807, 2.05) is 4.57 Å². The summed E-state index contributed by atoms with van der Waals surface area (Å²) >= 11 is 0. The molecule has 0 aromatic carbocycles. The quantitative estimate of drug-likeness (QED) is 0.325. The fourth-order valence-corrected chi connectivity index (χ4v) is 4.39. The molecular weight excluding hydrogens is 394 g/mol. The zero-order chi connectivity index (χ0) is 22.1. The number of aryl methyl sites for hydroxylation is 2. The number of nitrogens with one attached hydrogen (secondary N) is 2. The topological polar surface area (TPSA) is 88.7 Å². The Morgan fingerprint density at radius 2 is 2.00 bits per heavy atom. The van der Waals surface area contributed by atoms with Gasteiger partial charge < -0.3 is 15.4 Å². The molecule has 9 nitrogen and oxygen atoms in total. The summed E-state index contributed by atoms with van der Waals surface area (Å²) in [5, 5.41) is 11.3. The average molecular weight is 436 g/mol. The number of aliphatic imine (C=N–C) groups is 1. The molecule has 0 amide bonds. The molecule has 31 heavy (non-hydrogen) atoms. The zero-order valence-electron chi connectivity index (χ0n) is 19.6. The Labute approximate surface area is 186 Å². The molecule has 1 aromatic heterocycles. The summed E-state index contributed by atoms with van der Waals surface area (Å²) in [7, 11) is 0. The lowest BCUT2D eigenvalue weighted by atomic mass is 10.0. The third kappa shape index (κ3) is 7.07. The van der Waals surface area contributed by atoms with Gasteiger partial charge in [-0.3, -0.25) is 14.5 Å². The predicted octanol–water partition coefficient (Wildman–Crippen LogP) is 1.07. The second kappa shape index (κ2) is 12.2. The van der Waals surface area contributed by atoms with Gasteiger partial charge in [-0.2, -0.15) is 5.10 Å². The Morgan fingerprint density at radius 3 is 2.71 bits per heavy atom. The van der Waals surface area contributed by atoms with Gasteiger partial charge >= 0.3 is 5.69 Å². The summed E-state index contributed by atoms with van der Waals surface area (Å²) in [5.74, 6) is 2.43. The van der Waals surface area contributed by atoms with E-state index in [0.717, 1.165) is 96.4 Å². The maximum absolute atomic E-state index is 12.5. The second-order valence-corrected chi connectivity index (χ2v) is 8.96. The summed E-state index contributed by atoms with van der Waals surface area (Å²) in [5.41, 5.74) is 0.0392. The summed E-state index contributed by atoms with van der Waals surface area (Å²) in [6, 6.07) is 0.440. The lowest BCUT2D eigenvalue weighted by Gasteiger charge is -2.34. The summed E-state index contributed by atoms with van der Waals surface area (Å²) < 4.78 is 8.99. The van der Waals surface area contributed by atoms with Crippen molar-refractivity contribution in [3.05, 3.63) is 16.3 Å². The fraction of sp³-hybridized carbons (Fsp3) is 0.864. The number of fused-ring (bicyclic) bond motifs is 1. The number of aromatic nitrogens is 3. The van der Waals surface area contributed by atoms with Crippen LogP contribution in [-0.2, 0) is 24.2 Å². The molecule has 2 aliphatic rings. The molecule has 1 atom stereocenters. The van der Waals surface area contributed by atoms with Crippen molar-refractivity contribution >= 4 is 5.96 Å². The van der Waals surface area contributed by atoms with Gasteiger partial charge in [-0.1, -0.05) is 13.8 Å². The molecule has 1 fully saturated rings. The highest BCUT2D eigenvalue weighted by Gasteiger charge is 2.22. The van der Waals surface area contributed by atoms with Crippen molar-refractivity contribution in [3.8, 4) is 0 Å². The average Bonchev–Trinajstić information content (AvgIpc) is 3.10. The number of rotatable bonds is 10. The first kappa shape index (κ1) is 23.8. The lowest BCUT2D eigenvalue weighted by molar-refractivity contribution is 0.0143. The molecule has 2 N–H and O–H groups in total. The molecule has 2 aliphatic heterocycles. The fourth-order valence-electron chi connectivity index (χ4n) is 4.39. The Kier molecular flexibility index (Phi) is 9.39. The highest BCUT2D eigenvalue weighted by molar-refractivity contribution is 5.79. The Balaban J connectivity index is 1.50. The number of guanidine groups is 1. The molecule has 3 heterocycles. The number of hydrogen-bond donors (Lipinski definition) is 2. The van der Waals surface area contributed by atoms with Crippen LogP contribution in [0.3, 0.4) is 0 Å². The van der Waals surface area contributed by atoms with Crippen LogP contribution in [0, 0.1) is 5.92 Å². The summed E-state index contributed by atoms with van der Waals surface area (Å²) in [4.78, 5) is 19.9. The summed E-state index contributed by atoms with van der Waals surface area (Å²) in [6.07, 6.45) is 5.09. The van der Waals surface area contributed by atoms with Gasteiger partial charge in [0.1, 0.15) is 5.82 Å². The van der Waals surface area contributed by atoms with Crippen LogP contribution in [0.1, 0.15) is 52.3 Å². The molecule has 0 bridgehead atoms. The van der Waals surface area contributed by atoms with E-state index >= 15 is 0 Å². The normalized spacial score (nSPS) is 18.8. The molecule has 0 radical (unpaired) electrons. The van der Waals surface area contributed by atoms with Gasteiger partial charge in [0.05, 0.1) is 19.8 Å². The molecule has 1 saturated heterocycles. The first-order valence-corrected chi connectivity index (χ1v) is 12.1. The maximum atomic E-state index is 12.5. The molecule has 9 heteroatoms. The standard InChI is InChI=1S/C22H41N7O2/c1-4-23-21(25-17-19(16-18(2)3)27-12-14-31-15-13-27)24-9-7-11-29-22(30)28-10-6-5-8-20(28)26-29/h18-19H,4-17H2,1-3H3,(H2,23,24,25). The highest BCUT2D eigenvalue weighted by atomic mass is 16.5. The van der Waals surface area contributed by atoms with Crippen LogP contribution in [0.4, 0.5) is 0 Å². The van der Waals surface area contributed by atoms with Gasteiger partial charge in [0.25, 0.3) is 0 Å². The highest BCUT2D eigenvalue weighted by Crippen LogP contribution is 2.14. The van der Waals surface area contributed by atoms with Crippen LogP contribution in [0.2, 0.25) is 0 Å².